The molecule has 0 aliphatic heterocycles. The van der Waals surface area contributed by atoms with Gasteiger partial charge < -0.3 is 9.84 Å². The minimum absolute atomic E-state index is 0.105. The molecule has 0 bridgehead atoms. The van der Waals surface area contributed by atoms with Crippen LogP contribution in [0.3, 0.4) is 0 Å². The molecule has 0 saturated heterocycles. The minimum Gasteiger partial charge on any atom is -0.496 e. The first-order valence-electron chi connectivity index (χ1n) is 7.05. The summed E-state index contributed by atoms with van der Waals surface area (Å²) in [7, 11) is 1.55. The number of hydrogen-bond acceptors (Lipinski definition) is 3. The maximum atomic E-state index is 12.9. The lowest BCUT2D eigenvalue weighted by atomic mass is 10.1. The van der Waals surface area contributed by atoms with Crippen LogP contribution < -0.4 is 4.74 Å². The Bertz CT molecular complexity index is 849. The Labute approximate surface area is 128 Å². The standard InChI is InChI=1S/C18H17NO3/c1-12-7-8-15(17(9-12)22-2)18(21)19-10-13(11-20)14-5-3-4-6-16(14)19/h3-10,20H,11H2,1-2H3. The van der Waals surface area contributed by atoms with Crippen molar-refractivity contribution in [3.8, 4) is 5.75 Å². The molecule has 0 saturated carbocycles. The van der Waals surface area contributed by atoms with Gasteiger partial charge in [-0.15, -0.1) is 0 Å². The number of carbonyl (C=O) groups is 1. The Morgan fingerprint density at radius 3 is 2.73 bits per heavy atom. The fraction of sp³-hybridized carbons (Fsp3) is 0.167. The van der Waals surface area contributed by atoms with E-state index in [1.807, 2.05) is 43.3 Å². The van der Waals surface area contributed by atoms with Crippen LogP contribution in [0.2, 0.25) is 0 Å². The van der Waals surface area contributed by atoms with Crippen molar-refractivity contribution in [2.75, 3.05) is 7.11 Å². The zero-order chi connectivity index (χ0) is 15.7. The highest BCUT2D eigenvalue weighted by atomic mass is 16.5. The summed E-state index contributed by atoms with van der Waals surface area (Å²) in [5.74, 6) is 0.376. The molecule has 0 fully saturated rings. The van der Waals surface area contributed by atoms with Gasteiger partial charge >= 0.3 is 0 Å². The summed E-state index contributed by atoms with van der Waals surface area (Å²) >= 11 is 0. The number of benzene rings is 2. The summed E-state index contributed by atoms with van der Waals surface area (Å²) in [5.41, 5.74) is 3.04. The molecule has 0 radical (unpaired) electrons. The van der Waals surface area contributed by atoms with Crippen LogP contribution in [0.1, 0.15) is 21.5 Å². The van der Waals surface area contributed by atoms with E-state index in [1.54, 1.807) is 23.9 Å². The molecule has 4 heteroatoms. The van der Waals surface area contributed by atoms with E-state index in [9.17, 15) is 9.90 Å². The number of aromatic nitrogens is 1. The Balaban J connectivity index is 2.18. The number of aliphatic hydroxyl groups excluding tert-OH is 1. The molecule has 1 heterocycles. The number of rotatable bonds is 3. The Morgan fingerprint density at radius 2 is 2.00 bits per heavy atom. The average Bonchev–Trinajstić information content (AvgIpc) is 2.93. The summed E-state index contributed by atoms with van der Waals surface area (Å²) in [6.45, 7) is 1.84. The van der Waals surface area contributed by atoms with Crippen LogP contribution in [0.25, 0.3) is 10.9 Å². The smallest absolute Gasteiger partial charge is 0.266 e. The van der Waals surface area contributed by atoms with Crippen molar-refractivity contribution < 1.29 is 14.6 Å². The van der Waals surface area contributed by atoms with E-state index in [2.05, 4.69) is 0 Å². The van der Waals surface area contributed by atoms with E-state index in [-0.39, 0.29) is 12.5 Å². The van der Waals surface area contributed by atoms with Gasteiger partial charge in [0.2, 0.25) is 0 Å². The largest absolute Gasteiger partial charge is 0.496 e. The molecule has 0 aliphatic carbocycles. The van der Waals surface area contributed by atoms with E-state index in [0.717, 1.165) is 22.0 Å². The minimum atomic E-state index is -0.173. The molecule has 3 aromatic rings. The molecule has 4 nitrogen and oxygen atoms in total. The summed E-state index contributed by atoms with van der Waals surface area (Å²) in [4.78, 5) is 12.9. The molecule has 0 amide bonds. The van der Waals surface area contributed by atoms with Gasteiger partial charge in [-0.2, -0.15) is 0 Å². The van der Waals surface area contributed by atoms with Gasteiger partial charge in [0.1, 0.15) is 5.75 Å². The van der Waals surface area contributed by atoms with E-state index in [0.29, 0.717) is 11.3 Å². The third kappa shape index (κ3) is 2.27. The lowest BCUT2D eigenvalue weighted by Crippen LogP contribution is -2.12. The van der Waals surface area contributed by atoms with Gasteiger partial charge in [0, 0.05) is 17.1 Å². The number of fused-ring (bicyclic) bond motifs is 1. The maximum Gasteiger partial charge on any atom is 0.266 e. The number of carbonyl (C=O) groups excluding carboxylic acids is 1. The first kappa shape index (κ1) is 14.4. The number of nitrogens with zero attached hydrogens (tertiary/aromatic N) is 1. The predicted octanol–water partition coefficient (Wildman–Crippen LogP) is 3.14. The SMILES string of the molecule is COc1cc(C)ccc1C(=O)n1cc(CO)c2ccccc21. The van der Waals surface area contributed by atoms with Gasteiger partial charge in [0.15, 0.2) is 0 Å². The lowest BCUT2D eigenvalue weighted by Gasteiger charge is -2.10. The van der Waals surface area contributed by atoms with Gasteiger partial charge in [-0.25, -0.2) is 0 Å². The molecule has 22 heavy (non-hydrogen) atoms. The quantitative estimate of drug-likeness (QED) is 0.807. The van der Waals surface area contributed by atoms with Crippen LogP contribution in [0.5, 0.6) is 5.75 Å². The molecule has 0 unspecified atom stereocenters. The van der Waals surface area contributed by atoms with E-state index in [4.69, 9.17) is 4.74 Å². The van der Waals surface area contributed by atoms with Crippen LogP contribution in [0, 0.1) is 6.92 Å². The summed E-state index contributed by atoms with van der Waals surface area (Å²) < 4.78 is 6.89. The first-order valence-corrected chi connectivity index (χ1v) is 7.05. The summed E-state index contributed by atoms with van der Waals surface area (Å²) in [5, 5.41) is 10.4. The van der Waals surface area contributed by atoms with Gasteiger partial charge in [-0.05, 0) is 30.7 Å². The van der Waals surface area contributed by atoms with Crippen LogP contribution in [0.15, 0.2) is 48.7 Å². The number of para-hydroxylation sites is 1. The number of aliphatic hydroxyl groups is 1. The fourth-order valence-electron chi connectivity index (χ4n) is 2.65. The highest BCUT2D eigenvalue weighted by Gasteiger charge is 2.18. The number of ether oxygens (including phenoxy) is 1. The second-order valence-electron chi connectivity index (χ2n) is 5.21. The monoisotopic (exact) mass is 295 g/mol. The second-order valence-corrected chi connectivity index (χ2v) is 5.21. The van der Waals surface area contributed by atoms with Crippen molar-refractivity contribution in [1.29, 1.82) is 0 Å². The molecule has 1 N–H and O–H groups in total. The van der Waals surface area contributed by atoms with Gasteiger partial charge in [0.25, 0.3) is 5.91 Å². The average molecular weight is 295 g/mol. The van der Waals surface area contributed by atoms with E-state index in [1.165, 1.54) is 0 Å². The maximum absolute atomic E-state index is 12.9. The zero-order valence-corrected chi connectivity index (χ0v) is 12.5. The number of hydrogen-bond donors (Lipinski definition) is 1. The molecular formula is C18H17NO3. The number of methoxy groups -OCH3 is 1. The van der Waals surface area contributed by atoms with E-state index < -0.39 is 0 Å². The second kappa shape index (κ2) is 5.66. The molecule has 1 aromatic heterocycles. The Hall–Kier alpha value is -2.59. The molecule has 0 spiro atoms. The highest BCUT2D eigenvalue weighted by molar-refractivity contribution is 6.04. The van der Waals surface area contributed by atoms with Crippen molar-refractivity contribution in [3.05, 3.63) is 65.4 Å². The Morgan fingerprint density at radius 1 is 1.23 bits per heavy atom. The van der Waals surface area contributed by atoms with Gasteiger partial charge in [-0.3, -0.25) is 9.36 Å². The molecule has 2 aromatic carbocycles. The van der Waals surface area contributed by atoms with Crippen LogP contribution in [0.4, 0.5) is 0 Å². The van der Waals surface area contributed by atoms with Crippen molar-refractivity contribution in [2.45, 2.75) is 13.5 Å². The van der Waals surface area contributed by atoms with Crippen molar-refractivity contribution >= 4 is 16.8 Å². The fourth-order valence-corrected chi connectivity index (χ4v) is 2.65. The van der Waals surface area contributed by atoms with Crippen molar-refractivity contribution in [3.63, 3.8) is 0 Å². The van der Waals surface area contributed by atoms with Crippen LogP contribution in [-0.2, 0) is 6.61 Å². The summed E-state index contributed by atoms with van der Waals surface area (Å²) in [6, 6.07) is 13.0. The van der Waals surface area contributed by atoms with Crippen molar-refractivity contribution in [1.82, 2.24) is 4.57 Å². The van der Waals surface area contributed by atoms with Gasteiger partial charge in [0.05, 0.1) is 24.8 Å². The molecule has 0 atom stereocenters. The molecule has 3 rings (SSSR count). The van der Waals surface area contributed by atoms with E-state index >= 15 is 0 Å². The molecule has 0 aliphatic rings. The van der Waals surface area contributed by atoms with Crippen LogP contribution >= 0.6 is 0 Å². The predicted molar refractivity (Wildman–Crippen MR) is 85.3 cm³/mol. The zero-order valence-electron chi connectivity index (χ0n) is 12.5. The summed E-state index contributed by atoms with van der Waals surface area (Å²) in [6.07, 6.45) is 1.69. The number of aryl methyl sites for hydroxylation is 1. The molecule has 112 valence electrons. The highest BCUT2D eigenvalue weighted by Crippen LogP contribution is 2.26. The normalized spacial score (nSPS) is 10.9. The molecular weight excluding hydrogens is 278 g/mol. The first-order chi connectivity index (χ1) is 10.7. The third-order valence-electron chi connectivity index (χ3n) is 3.77. The third-order valence-corrected chi connectivity index (χ3v) is 3.77. The topological polar surface area (TPSA) is 51.5 Å². The van der Waals surface area contributed by atoms with Crippen LogP contribution in [-0.4, -0.2) is 22.7 Å². The Kier molecular flexibility index (Phi) is 3.69. The van der Waals surface area contributed by atoms with Gasteiger partial charge in [-0.1, -0.05) is 24.3 Å². The van der Waals surface area contributed by atoms with Crippen molar-refractivity contribution in [2.24, 2.45) is 0 Å². The lowest BCUT2D eigenvalue weighted by molar-refractivity contribution is 0.0961.